The van der Waals surface area contributed by atoms with Gasteiger partial charge in [0.05, 0.1) is 26.4 Å². The monoisotopic (exact) mass is 264 g/mol. The summed E-state index contributed by atoms with van der Waals surface area (Å²) in [5, 5.41) is 0. The van der Waals surface area contributed by atoms with Gasteiger partial charge in [0.25, 0.3) is 0 Å². The molecule has 2 aliphatic rings. The van der Waals surface area contributed by atoms with Crippen molar-refractivity contribution in [2.45, 2.75) is 6.04 Å². The highest BCUT2D eigenvalue weighted by atomic mass is 16.5. The molecule has 6 heteroatoms. The molecule has 2 aliphatic heterocycles. The fraction of sp³-hybridized carbons (Fsp3) is 0.615. The molecule has 0 unspecified atom stereocenters. The minimum atomic E-state index is 0.492. The number of aromatic nitrogens is 1. The Morgan fingerprint density at radius 3 is 2.58 bits per heavy atom. The third kappa shape index (κ3) is 2.46. The highest BCUT2D eigenvalue weighted by Crippen LogP contribution is 2.28. The van der Waals surface area contributed by atoms with E-state index in [9.17, 15) is 0 Å². The Hall–Kier alpha value is -1.53. The number of ether oxygens (including phenoxy) is 2. The van der Waals surface area contributed by atoms with Crippen molar-refractivity contribution in [1.29, 1.82) is 0 Å². The lowest BCUT2D eigenvalue weighted by Gasteiger charge is -2.43. The molecular formula is C13H20N4O2. The van der Waals surface area contributed by atoms with Gasteiger partial charge in [-0.15, -0.1) is 0 Å². The van der Waals surface area contributed by atoms with Gasteiger partial charge in [-0.1, -0.05) is 0 Å². The molecule has 1 aromatic rings. The van der Waals surface area contributed by atoms with Gasteiger partial charge in [-0.25, -0.2) is 0 Å². The fourth-order valence-corrected chi connectivity index (χ4v) is 2.60. The molecule has 0 saturated carbocycles. The number of nitrogens with two attached hydrogens (primary N) is 1. The maximum atomic E-state index is 5.69. The highest BCUT2D eigenvalue weighted by Gasteiger charge is 2.29. The number of nitrogens with zero attached hydrogens (tertiary/aromatic N) is 3. The van der Waals surface area contributed by atoms with Crippen LogP contribution < -0.4 is 15.4 Å². The average molecular weight is 264 g/mol. The van der Waals surface area contributed by atoms with Gasteiger partial charge in [0.1, 0.15) is 11.5 Å². The van der Waals surface area contributed by atoms with E-state index in [1.54, 1.807) is 7.11 Å². The summed E-state index contributed by atoms with van der Waals surface area (Å²) in [6.07, 6.45) is 0. The van der Waals surface area contributed by atoms with Crippen molar-refractivity contribution < 1.29 is 9.47 Å². The molecule has 3 heterocycles. The lowest BCUT2D eigenvalue weighted by molar-refractivity contribution is -0.0660. The minimum absolute atomic E-state index is 0.492. The topological polar surface area (TPSA) is 63.9 Å². The van der Waals surface area contributed by atoms with Crippen molar-refractivity contribution in [2.75, 3.05) is 57.1 Å². The van der Waals surface area contributed by atoms with E-state index in [0.717, 1.165) is 45.1 Å². The van der Waals surface area contributed by atoms with Crippen LogP contribution in [0.1, 0.15) is 0 Å². The molecule has 0 atom stereocenters. The Morgan fingerprint density at radius 1 is 1.26 bits per heavy atom. The van der Waals surface area contributed by atoms with Gasteiger partial charge in [-0.3, -0.25) is 4.90 Å². The van der Waals surface area contributed by atoms with Crippen LogP contribution in [0.3, 0.4) is 0 Å². The normalized spacial score (nSPS) is 21.2. The summed E-state index contributed by atoms with van der Waals surface area (Å²) >= 11 is 0. The maximum absolute atomic E-state index is 5.69. The molecule has 2 N–H and O–H groups in total. The predicted octanol–water partition coefficient (Wildman–Crippen LogP) is 0.193. The minimum Gasteiger partial charge on any atom is -0.479 e. The summed E-state index contributed by atoms with van der Waals surface area (Å²) in [7, 11) is 1.63. The molecule has 104 valence electrons. The Bertz CT molecular complexity index is 442. The Morgan fingerprint density at radius 2 is 2.00 bits per heavy atom. The molecule has 2 saturated heterocycles. The van der Waals surface area contributed by atoms with Crippen LogP contribution in [0.5, 0.6) is 5.88 Å². The second kappa shape index (κ2) is 5.22. The Labute approximate surface area is 113 Å². The van der Waals surface area contributed by atoms with Gasteiger partial charge in [0.2, 0.25) is 5.88 Å². The van der Waals surface area contributed by atoms with Crippen LogP contribution in [-0.4, -0.2) is 62.4 Å². The van der Waals surface area contributed by atoms with E-state index in [1.807, 2.05) is 12.1 Å². The van der Waals surface area contributed by atoms with Crippen LogP contribution >= 0.6 is 0 Å². The molecule has 0 aromatic carbocycles. The molecule has 0 aliphatic carbocycles. The number of hydrogen-bond acceptors (Lipinski definition) is 6. The first-order valence-electron chi connectivity index (χ1n) is 6.65. The quantitative estimate of drug-likeness (QED) is 0.841. The number of anilines is 2. The van der Waals surface area contributed by atoms with Crippen LogP contribution in [0.4, 0.5) is 11.5 Å². The molecule has 6 nitrogen and oxygen atoms in total. The van der Waals surface area contributed by atoms with Crippen molar-refractivity contribution >= 4 is 11.5 Å². The van der Waals surface area contributed by atoms with E-state index >= 15 is 0 Å². The molecule has 0 spiro atoms. The molecule has 0 bridgehead atoms. The summed E-state index contributed by atoms with van der Waals surface area (Å²) < 4.78 is 10.6. The summed E-state index contributed by atoms with van der Waals surface area (Å²) in [6.45, 7) is 5.85. The van der Waals surface area contributed by atoms with Crippen molar-refractivity contribution in [2.24, 2.45) is 0 Å². The zero-order valence-corrected chi connectivity index (χ0v) is 11.2. The second-order valence-electron chi connectivity index (χ2n) is 4.98. The first-order valence-corrected chi connectivity index (χ1v) is 6.65. The second-order valence-corrected chi connectivity index (χ2v) is 4.98. The maximum Gasteiger partial charge on any atom is 0.239 e. The first kappa shape index (κ1) is 12.5. The number of rotatable bonds is 3. The van der Waals surface area contributed by atoms with E-state index in [0.29, 0.717) is 17.7 Å². The van der Waals surface area contributed by atoms with Crippen LogP contribution in [0.25, 0.3) is 0 Å². The molecule has 1 aromatic heterocycles. The third-order valence-electron chi connectivity index (χ3n) is 3.85. The number of hydrogen-bond donors (Lipinski definition) is 1. The molecule has 2 fully saturated rings. The van der Waals surface area contributed by atoms with Crippen LogP contribution in [0, 0.1) is 0 Å². The fourth-order valence-electron chi connectivity index (χ4n) is 2.60. The number of pyridine rings is 1. The lowest BCUT2D eigenvalue weighted by Crippen LogP contribution is -2.56. The highest BCUT2D eigenvalue weighted by molar-refractivity contribution is 5.58. The third-order valence-corrected chi connectivity index (χ3v) is 3.85. The van der Waals surface area contributed by atoms with Gasteiger partial charge in [0, 0.05) is 26.2 Å². The summed E-state index contributed by atoms with van der Waals surface area (Å²) in [5.74, 6) is 1.10. The van der Waals surface area contributed by atoms with Crippen LogP contribution in [0.15, 0.2) is 12.1 Å². The summed E-state index contributed by atoms with van der Waals surface area (Å²) in [5.41, 5.74) is 6.72. The van der Waals surface area contributed by atoms with Gasteiger partial charge >= 0.3 is 0 Å². The number of nitrogen functional groups attached to an aromatic ring is 1. The van der Waals surface area contributed by atoms with E-state index in [2.05, 4.69) is 14.8 Å². The van der Waals surface area contributed by atoms with Gasteiger partial charge < -0.3 is 20.1 Å². The van der Waals surface area contributed by atoms with Crippen molar-refractivity contribution in [3.05, 3.63) is 12.1 Å². The Kier molecular flexibility index (Phi) is 3.44. The van der Waals surface area contributed by atoms with Gasteiger partial charge in [-0.2, -0.15) is 4.98 Å². The van der Waals surface area contributed by atoms with Crippen molar-refractivity contribution in [3.63, 3.8) is 0 Å². The largest absolute Gasteiger partial charge is 0.479 e. The zero-order chi connectivity index (χ0) is 13.2. The molecule has 19 heavy (non-hydrogen) atoms. The number of piperazine rings is 1. The van der Waals surface area contributed by atoms with E-state index in [1.165, 1.54) is 0 Å². The first-order chi connectivity index (χ1) is 9.28. The van der Waals surface area contributed by atoms with E-state index < -0.39 is 0 Å². The zero-order valence-electron chi connectivity index (χ0n) is 11.2. The van der Waals surface area contributed by atoms with Gasteiger partial charge in [0.15, 0.2) is 0 Å². The SMILES string of the molecule is COc1nc(N)ccc1N1CCN(C2COC2)CC1. The molecule has 0 radical (unpaired) electrons. The molecule has 0 amide bonds. The number of methoxy groups -OCH3 is 1. The van der Waals surface area contributed by atoms with Gasteiger partial charge in [-0.05, 0) is 12.1 Å². The summed E-state index contributed by atoms with van der Waals surface area (Å²) in [4.78, 5) is 9.03. The van der Waals surface area contributed by atoms with E-state index in [-0.39, 0.29) is 0 Å². The van der Waals surface area contributed by atoms with Crippen LogP contribution in [0.2, 0.25) is 0 Å². The Balaban J connectivity index is 1.67. The standard InChI is InChI=1S/C13H20N4O2/c1-18-13-11(2-3-12(14)15-13)17-6-4-16(5-7-17)10-8-19-9-10/h2-3,10H,4-9H2,1H3,(H2,14,15). The molecular weight excluding hydrogens is 244 g/mol. The van der Waals surface area contributed by atoms with Crippen molar-refractivity contribution in [3.8, 4) is 5.88 Å². The molecule has 3 rings (SSSR count). The average Bonchev–Trinajstić information content (AvgIpc) is 2.38. The predicted molar refractivity (Wildman–Crippen MR) is 73.6 cm³/mol. The van der Waals surface area contributed by atoms with Crippen LogP contribution in [-0.2, 0) is 4.74 Å². The van der Waals surface area contributed by atoms with Crippen molar-refractivity contribution in [1.82, 2.24) is 9.88 Å². The van der Waals surface area contributed by atoms with E-state index in [4.69, 9.17) is 15.2 Å². The smallest absolute Gasteiger partial charge is 0.239 e. The lowest BCUT2D eigenvalue weighted by atomic mass is 10.1. The summed E-state index contributed by atoms with van der Waals surface area (Å²) in [6, 6.07) is 4.43.